The third-order valence-corrected chi connectivity index (χ3v) is 6.48. The second kappa shape index (κ2) is 13.6. The number of hydrogen-bond acceptors (Lipinski definition) is 13. The van der Waals surface area contributed by atoms with Gasteiger partial charge in [0, 0.05) is 24.7 Å². The minimum Gasteiger partial charge on any atom is -0.508 e. The minimum atomic E-state index is -1.73. The fourth-order valence-electron chi connectivity index (χ4n) is 4.28. The number of aliphatic hydroxyl groups is 4. The second-order valence-electron chi connectivity index (χ2n) is 8.92. The van der Waals surface area contributed by atoms with E-state index in [9.17, 15) is 39.9 Å². The summed E-state index contributed by atoms with van der Waals surface area (Å²) in [4.78, 5) is 36.4. The van der Waals surface area contributed by atoms with Gasteiger partial charge >= 0.3 is 11.9 Å². The Kier molecular flexibility index (Phi) is 10.6. The van der Waals surface area contributed by atoms with Crippen LogP contribution in [0.1, 0.15) is 18.4 Å². The highest BCUT2D eigenvalue weighted by molar-refractivity contribution is 5.89. The van der Waals surface area contributed by atoms with Crippen LogP contribution in [0.2, 0.25) is 0 Å². The van der Waals surface area contributed by atoms with Crippen LogP contribution in [-0.2, 0) is 44.5 Å². The van der Waals surface area contributed by atoms with E-state index in [1.165, 1.54) is 12.1 Å². The van der Waals surface area contributed by atoms with Crippen molar-refractivity contribution in [2.45, 2.75) is 56.3 Å². The number of esters is 2. The number of aliphatic hydroxyl groups excluding tert-OH is 4. The molecule has 38 heavy (non-hydrogen) atoms. The Morgan fingerprint density at radius 2 is 1.76 bits per heavy atom. The Labute approximate surface area is 218 Å². The molecule has 0 radical (unpaired) electrons. The molecule has 3 rings (SSSR count). The van der Waals surface area contributed by atoms with E-state index >= 15 is 0 Å². The van der Waals surface area contributed by atoms with E-state index in [1.807, 2.05) is 0 Å². The summed E-state index contributed by atoms with van der Waals surface area (Å²) in [7, 11) is 1.15. The summed E-state index contributed by atoms with van der Waals surface area (Å²) in [5.74, 6) is -3.08. The number of phenols is 1. The van der Waals surface area contributed by atoms with Gasteiger partial charge in [0.2, 0.25) is 6.29 Å². The van der Waals surface area contributed by atoms with Gasteiger partial charge in [-0.05, 0) is 24.1 Å². The molecule has 2 aliphatic rings. The van der Waals surface area contributed by atoms with Gasteiger partial charge in [-0.3, -0.25) is 4.79 Å². The Hall–Kier alpha value is -3.07. The standard InChI is InChI=1S/C25H32O13/c1-34-23(33)17-12-36-24(38-25-22(32)21(31)20(30)18(10-27)37-25)15(8-9-26)16(17)11-35-19(29)7-4-13-2-5-14(28)6-3-13/h2-3,5-6,9,12,15-16,18,20-22,24-25,27-28,30-32H,4,7-8,10-11H2,1H3/t15-,16-,18-,20-,21-,22-,24-,25+/m1/s1. The van der Waals surface area contributed by atoms with Crippen molar-refractivity contribution in [3.63, 3.8) is 0 Å². The minimum absolute atomic E-state index is 0.00835. The van der Waals surface area contributed by atoms with Gasteiger partial charge in [-0.15, -0.1) is 0 Å². The summed E-state index contributed by atoms with van der Waals surface area (Å²) in [6.07, 6.45) is -7.42. The molecule has 1 aromatic carbocycles. The van der Waals surface area contributed by atoms with Gasteiger partial charge in [0.25, 0.3) is 0 Å². The van der Waals surface area contributed by atoms with Crippen LogP contribution in [0.15, 0.2) is 36.1 Å². The Morgan fingerprint density at radius 1 is 1.05 bits per heavy atom. The van der Waals surface area contributed by atoms with E-state index in [0.717, 1.165) is 18.9 Å². The maximum absolute atomic E-state index is 12.4. The van der Waals surface area contributed by atoms with E-state index in [0.29, 0.717) is 12.7 Å². The first-order chi connectivity index (χ1) is 18.2. The van der Waals surface area contributed by atoms with Crippen molar-refractivity contribution in [2.75, 3.05) is 20.3 Å². The molecule has 0 aliphatic carbocycles. The van der Waals surface area contributed by atoms with Crippen molar-refractivity contribution >= 4 is 18.2 Å². The van der Waals surface area contributed by atoms with Crippen LogP contribution in [0, 0.1) is 11.8 Å². The fourth-order valence-corrected chi connectivity index (χ4v) is 4.28. The Bertz CT molecular complexity index is 976. The molecule has 13 heteroatoms. The molecule has 2 heterocycles. The van der Waals surface area contributed by atoms with E-state index in [1.54, 1.807) is 12.1 Å². The predicted octanol–water partition coefficient (Wildman–Crippen LogP) is -1.08. The first kappa shape index (κ1) is 29.5. The Balaban J connectivity index is 1.72. The van der Waals surface area contributed by atoms with Crippen molar-refractivity contribution in [1.29, 1.82) is 0 Å². The number of aryl methyl sites for hydroxylation is 1. The molecule has 1 fully saturated rings. The topological polar surface area (TPSA) is 199 Å². The maximum atomic E-state index is 12.4. The summed E-state index contributed by atoms with van der Waals surface area (Å²) in [6, 6.07) is 6.33. The summed E-state index contributed by atoms with van der Waals surface area (Å²) in [5.41, 5.74) is 0.784. The molecule has 8 atom stereocenters. The van der Waals surface area contributed by atoms with Gasteiger partial charge in [-0.1, -0.05) is 12.1 Å². The Morgan fingerprint density at radius 3 is 2.39 bits per heavy atom. The molecule has 13 nitrogen and oxygen atoms in total. The molecule has 0 unspecified atom stereocenters. The van der Waals surface area contributed by atoms with Gasteiger partial charge in [-0.25, -0.2) is 4.79 Å². The number of aromatic hydroxyl groups is 1. The number of phenolic OH excluding ortho intramolecular Hbond substituents is 1. The van der Waals surface area contributed by atoms with E-state index < -0.39 is 67.4 Å². The lowest BCUT2D eigenvalue weighted by Gasteiger charge is -2.43. The zero-order valence-corrected chi connectivity index (χ0v) is 20.6. The monoisotopic (exact) mass is 540 g/mol. The quantitative estimate of drug-likeness (QED) is 0.168. The molecule has 0 amide bonds. The predicted molar refractivity (Wildman–Crippen MR) is 125 cm³/mol. The zero-order valence-electron chi connectivity index (χ0n) is 20.6. The highest BCUT2D eigenvalue weighted by Crippen LogP contribution is 2.36. The number of carbonyl (C=O) groups excluding carboxylic acids is 3. The molecule has 1 saturated heterocycles. The number of ether oxygens (including phenoxy) is 5. The summed E-state index contributed by atoms with van der Waals surface area (Å²) < 4.78 is 26.7. The molecule has 1 aromatic rings. The lowest BCUT2D eigenvalue weighted by Crippen LogP contribution is -2.60. The van der Waals surface area contributed by atoms with Crippen molar-refractivity contribution in [2.24, 2.45) is 11.8 Å². The van der Waals surface area contributed by atoms with E-state index in [-0.39, 0.29) is 30.8 Å². The van der Waals surface area contributed by atoms with Crippen LogP contribution in [0.3, 0.4) is 0 Å². The van der Waals surface area contributed by atoms with Gasteiger partial charge in [-0.2, -0.15) is 0 Å². The first-order valence-electron chi connectivity index (χ1n) is 12.0. The van der Waals surface area contributed by atoms with E-state index in [4.69, 9.17) is 23.7 Å². The molecule has 210 valence electrons. The van der Waals surface area contributed by atoms with Gasteiger partial charge in [0.05, 0.1) is 32.2 Å². The smallest absolute Gasteiger partial charge is 0.337 e. The van der Waals surface area contributed by atoms with E-state index in [2.05, 4.69) is 0 Å². The highest BCUT2D eigenvalue weighted by atomic mass is 16.8. The number of carbonyl (C=O) groups is 3. The second-order valence-corrected chi connectivity index (χ2v) is 8.92. The van der Waals surface area contributed by atoms with Gasteiger partial charge in [0.15, 0.2) is 6.29 Å². The lowest BCUT2D eigenvalue weighted by atomic mass is 9.82. The van der Waals surface area contributed by atoms with Crippen molar-refractivity contribution in [1.82, 2.24) is 0 Å². The maximum Gasteiger partial charge on any atom is 0.337 e. The molecule has 0 aromatic heterocycles. The first-order valence-corrected chi connectivity index (χ1v) is 12.0. The molecule has 0 bridgehead atoms. The van der Waals surface area contributed by atoms with Crippen LogP contribution in [0.25, 0.3) is 0 Å². The third kappa shape index (κ3) is 7.07. The number of benzene rings is 1. The van der Waals surface area contributed by atoms with Gasteiger partial charge in [0.1, 0.15) is 36.5 Å². The summed E-state index contributed by atoms with van der Waals surface area (Å²) in [5, 5.41) is 49.1. The van der Waals surface area contributed by atoms with Crippen LogP contribution < -0.4 is 0 Å². The largest absolute Gasteiger partial charge is 0.508 e. The average molecular weight is 541 g/mol. The molecule has 0 saturated carbocycles. The molecule has 2 aliphatic heterocycles. The average Bonchev–Trinajstić information content (AvgIpc) is 2.92. The van der Waals surface area contributed by atoms with Gasteiger partial charge < -0.3 is 54.0 Å². The SMILES string of the molecule is COC(=O)C1=CO[C@H](O[C@@H]2O[C@H](CO)[C@@H](O)[C@@H](O)[C@H]2O)[C@H](CC=O)[C@H]1COC(=O)CCc1ccc(O)cc1. The third-order valence-electron chi connectivity index (χ3n) is 6.48. The number of rotatable bonds is 11. The zero-order chi connectivity index (χ0) is 27.8. The van der Waals surface area contributed by atoms with Crippen molar-refractivity contribution < 1.29 is 63.6 Å². The van der Waals surface area contributed by atoms with Crippen LogP contribution in [0.5, 0.6) is 5.75 Å². The summed E-state index contributed by atoms with van der Waals surface area (Å²) in [6.45, 7) is -1.00. The number of aldehydes is 1. The number of methoxy groups -OCH3 is 1. The fraction of sp³-hybridized carbons (Fsp3) is 0.560. The molecule has 5 N–H and O–H groups in total. The molecule has 0 spiro atoms. The molecular formula is C25H32O13. The van der Waals surface area contributed by atoms with Crippen molar-refractivity contribution in [3.05, 3.63) is 41.7 Å². The highest BCUT2D eigenvalue weighted by Gasteiger charge is 2.48. The normalized spacial score (nSPS) is 31.0. The van der Waals surface area contributed by atoms with Crippen LogP contribution in [-0.4, -0.2) is 101 Å². The number of hydrogen-bond donors (Lipinski definition) is 5. The van der Waals surface area contributed by atoms with Crippen molar-refractivity contribution in [3.8, 4) is 5.75 Å². The van der Waals surface area contributed by atoms with Crippen LogP contribution >= 0.6 is 0 Å². The summed E-state index contributed by atoms with van der Waals surface area (Å²) >= 11 is 0. The van der Waals surface area contributed by atoms with Crippen LogP contribution in [0.4, 0.5) is 0 Å². The lowest BCUT2D eigenvalue weighted by molar-refractivity contribution is -0.341. The molecular weight excluding hydrogens is 508 g/mol.